The fourth-order valence-corrected chi connectivity index (χ4v) is 1.58. The van der Waals surface area contributed by atoms with Crippen LogP contribution in [0.1, 0.15) is 16.8 Å². The summed E-state index contributed by atoms with van der Waals surface area (Å²) in [6.07, 6.45) is 3.56. The molecule has 18 heavy (non-hydrogen) atoms. The van der Waals surface area contributed by atoms with Gasteiger partial charge in [-0.1, -0.05) is 6.07 Å². The lowest BCUT2D eigenvalue weighted by Crippen LogP contribution is -2.32. The SMILES string of the molecule is NCCCNC(=O)c1cnc2ccccn2c1=O. The van der Waals surface area contributed by atoms with Gasteiger partial charge in [0.2, 0.25) is 0 Å². The molecule has 3 N–H and O–H groups in total. The third-order valence-electron chi connectivity index (χ3n) is 2.52. The van der Waals surface area contributed by atoms with Gasteiger partial charge in [-0.2, -0.15) is 0 Å². The van der Waals surface area contributed by atoms with Crippen LogP contribution in [0.3, 0.4) is 0 Å². The quantitative estimate of drug-likeness (QED) is 0.729. The molecule has 2 heterocycles. The molecular formula is C12H14N4O2. The molecule has 6 nitrogen and oxygen atoms in total. The van der Waals surface area contributed by atoms with E-state index in [2.05, 4.69) is 10.3 Å². The maximum absolute atomic E-state index is 12.0. The first-order chi connectivity index (χ1) is 8.74. The molecule has 0 saturated carbocycles. The summed E-state index contributed by atoms with van der Waals surface area (Å²) < 4.78 is 1.35. The number of nitrogens with two attached hydrogens (primary N) is 1. The molecule has 0 fully saturated rings. The van der Waals surface area contributed by atoms with Gasteiger partial charge in [0.25, 0.3) is 11.5 Å². The third-order valence-corrected chi connectivity index (χ3v) is 2.52. The van der Waals surface area contributed by atoms with Crippen molar-refractivity contribution in [2.75, 3.05) is 13.1 Å². The zero-order valence-electron chi connectivity index (χ0n) is 9.80. The molecular weight excluding hydrogens is 232 g/mol. The van der Waals surface area contributed by atoms with Crippen LogP contribution in [0.2, 0.25) is 0 Å². The number of carbonyl (C=O) groups excluding carboxylic acids is 1. The summed E-state index contributed by atoms with van der Waals surface area (Å²) in [6.45, 7) is 0.946. The molecule has 0 bridgehead atoms. The van der Waals surface area contributed by atoms with Gasteiger partial charge in [0.1, 0.15) is 11.2 Å². The minimum atomic E-state index is -0.417. The fourth-order valence-electron chi connectivity index (χ4n) is 1.58. The van der Waals surface area contributed by atoms with Crippen molar-refractivity contribution in [2.45, 2.75) is 6.42 Å². The molecule has 0 radical (unpaired) electrons. The number of nitrogens with one attached hydrogen (secondary N) is 1. The highest BCUT2D eigenvalue weighted by Gasteiger charge is 2.11. The summed E-state index contributed by atoms with van der Waals surface area (Å²) in [5.74, 6) is -0.417. The van der Waals surface area contributed by atoms with Crippen LogP contribution in [0.4, 0.5) is 0 Å². The zero-order chi connectivity index (χ0) is 13.0. The summed E-state index contributed by atoms with van der Waals surface area (Å²) in [6, 6.07) is 5.20. The Balaban J connectivity index is 2.31. The Kier molecular flexibility index (Phi) is 3.69. The predicted molar refractivity (Wildman–Crippen MR) is 67.5 cm³/mol. The van der Waals surface area contributed by atoms with E-state index in [4.69, 9.17) is 5.73 Å². The summed E-state index contributed by atoms with van der Waals surface area (Å²) in [5, 5.41) is 2.63. The lowest BCUT2D eigenvalue weighted by molar-refractivity contribution is 0.0951. The highest BCUT2D eigenvalue weighted by atomic mass is 16.2. The second kappa shape index (κ2) is 5.42. The topological polar surface area (TPSA) is 89.5 Å². The molecule has 94 valence electrons. The number of carbonyl (C=O) groups is 1. The molecule has 0 aliphatic heterocycles. The zero-order valence-corrected chi connectivity index (χ0v) is 9.80. The van der Waals surface area contributed by atoms with Crippen molar-refractivity contribution < 1.29 is 4.79 Å². The van der Waals surface area contributed by atoms with Gasteiger partial charge in [0, 0.05) is 18.9 Å². The van der Waals surface area contributed by atoms with Crippen molar-refractivity contribution in [1.82, 2.24) is 14.7 Å². The Morgan fingerprint density at radius 3 is 3.06 bits per heavy atom. The number of fused-ring (bicyclic) bond motifs is 1. The van der Waals surface area contributed by atoms with E-state index in [1.54, 1.807) is 24.4 Å². The molecule has 0 atom stereocenters. The molecule has 2 aromatic rings. The number of pyridine rings is 1. The first kappa shape index (κ1) is 12.3. The standard InChI is InChI=1S/C12H14N4O2/c13-5-3-6-14-11(17)9-8-15-10-4-1-2-7-16(10)12(9)18/h1-2,4,7-8H,3,5-6,13H2,(H,14,17). The van der Waals surface area contributed by atoms with Gasteiger partial charge in [-0.25, -0.2) is 4.98 Å². The molecule has 0 unspecified atom stereocenters. The lowest BCUT2D eigenvalue weighted by atomic mass is 10.3. The van der Waals surface area contributed by atoms with Gasteiger partial charge in [0.15, 0.2) is 0 Å². The summed E-state index contributed by atoms with van der Waals surface area (Å²) >= 11 is 0. The Labute approximate surface area is 103 Å². The molecule has 6 heteroatoms. The van der Waals surface area contributed by atoms with Gasteiger partial charge in [0.05, 0.1) is 0 Å². The Morgan fingerprint density at radius 2 is 2.28 bits per heavy atom. The summed E-state index contributed by atoms with van der Waals surface area (Å²) in [4.78, 5) is 27.9. The summed E-state index contributed by atoms with van der Waals surface area (Å²) in [5.41, 5.74) is 5.51. The Bertz CT molecular complexity index is 621. The van der Waals surface area contributed by atoms with E-state index in [1.165, 1.54) is 10.6 Å². The van der Waals surface area contributed by atoms with Crippen LogP contribution in [-0.2, 0) is 0 Å². The maximum atomic E-state index is 12.0. The van der Waals surface area contributed by atoms with Gasteiger partial charge in [-0.05, 0) is 25.1 Å². The van der Waals surface area contributed by atoms with Gasteiger partial charge in [-0.15, -0.1) is 0 Å². The molecule has 0 saturated heterocycles. The average Bonchev–Trinajstić information content (AvgIpc) is 2.39. The van der Waals surface area contributed by atoms with Crippen LogP contribution in [0.5, 0.6) is 0 Å². The minimum Gasteiger partial charge on any atom is -0.352 e. The first-order valence-electron chi connectivity index (χ1n) is 5.68. The number of nitrogens with zero attached hydrogens (tertiary/aromatic N) is 2. The number of hydrogen-bond donors (Lipinski definition) is 2. The van der Waals surface area contributed by atoms with E-state index in [0.29, 0.717) is 25.2 Å². The molecule has 2 aromatic heterocycles. The number of rotatable bonds is 4. The van der Waals surface area contributed by atoms with Crippen molar-refractivity contribution >= 4 is 11.6 Å². The number of amides is 1. The predicted octanol–water partition coefficient (Wildman–Crippen LogP) is -0.227. The third kappa shape index (κ3) is 2.38. The van der Waals surface area contributed by atoms with E-state index in [-0.39, 0.29) is 11.1 Å². The second-order valence-corrected chi connectivity index (χ2v) is 3.80. The smallest absolute Gasteiger partial charge is 0.270 e. The largest absolute Gasteiger partial charge is 0.352 e. The van der Waals surface area contributed by atoms with E-state index in [1.807, 2.05) is 0 Å². The highest BCUT2D eigenvalue weighted by molar-refractivity contribution is 5.93. The first-order valence-corrected chi connectivity index (χ1v) is 5.68. The van der Waals surface area contributed by atoms with Crippen LogP contribution in [-0.4, -0.2) is 28.4 Å². The fraction of sp³-hybridized carbons (Fsp3) is 0.250. The molecule has 0 spiro atoms. The normalized spacial score (nSPS) is 10.5. The molecule has 0 aromatic carbocycles. The van der Waals surface area contributed by atoms with E-state index in [0.717, 1.165) is 0 Å². The molecule has 1 amide bonds. The van der Waals surface area contributed by atoms with Crippen LogP contribution >= 0.6 is 0 Å². The van der Waals surface area contributed by atoms with Crippen LogP contribution in [0, 0.1) is 0 Å². The van der Waals surface area contributed by atoms with E-state index in [9.17, 15) is 9.59 Å². The summed E-state index contributed by atoms with van der Waals surface area (Å²) in [7, 11) is 0. The highest BCUT2D eigenvalue weighted by Crippen LogP contribution is 1.97. The van der Waals surface area contributed by atoms with Gasteiger partial charge >= 0.3 is 0 Å². The Morgan fingerprint density at radius 1 is 1.44 bits per heavy atom. The number of aromatic nitrogens is 2. The van der Waals surface area contributed by atoms with Crippen molar-refractivity contribution in [2.24, 2.45) is 5.73 Å². The lowest BCUT2D eigenvalue weighted by Gasteiger charge is -2.05. The van der Waals surface area contributed by atoms with E-state index >= 15 is 0 Å². The van der Waals surface area contributed by atoms with Crippen LogP contribution in [0.25, 0.3) is 5.65 Å². The monoisotopic (exact) mass is 246 g/mol. The van der Waals surface area contributed by atoms with Crippen molar-refractivity contribution in [1.29, 1.82) is 0 Å². The molecule has 0 aliphatic carbocycles. The Hall–Kier alpha value is -2.21. The van der Waals surface area contributed by atoms with Crippen molar-refractivity contribution in [3.63, 3.8) is 0 Å². The van der Waals surface area contributed by atoms with Crippen molar-refractivity contribution in [3.05, 3.63) is 46.5 Å². The van der Waals surface area contributed by atoms with Crippen LogP contribution in [0.15, 0.2) is 35.4 Å². The molecule has 2 rings (SSSR count). The number of hydrogen-bond acceptors (Lipinski definition) is 4. The molecule has 0 aliphatic rings. The van der Waals surface area contributed by atoms with Crippen molar-refractivity contribution in [3.8, 4) is 0 Å². The van der Waals surface area contributed by atoms with Crippen LogP contribution < -0.4 is 16.6 Å². The van der Waals surface area contributed by atoms with Gasteiger partial charge in [-0.3, -0.25) is 14.0 Å². The average molecular weight is 246 g/mol. The minimum absolute atomic E-state index is 0.0377. The van der Waals surface area contributed by atoms with E-state index < -0.39 is 5.91 Å². The second-order valence-electron chi connectivity index (χ2n) is 3.80. The van der Waals surface area contributed by atoms with Gasteiger partial charge < -0.3 is 11.1 Å². The maximum Gasteiger partial charge on any atom is 0.270 e.